The second kappa shape index (κ2) is 5.99. The predicted octanol–water partition coefficient (Wildman–Crippen LogP) is 4.85. The van der Waals surface area contributed by atoms with Crippen molar-refractivity contribution in [3.63, 3.8) is 0 Å². The van der Waals surface area contributed by atoms with Crippen molar-refractivity contribution in [2.24, 2.45) is 0 Å². The van der Waals surface area contributed by atoms with Crippen molar-refractivity contribution in [3.05, 3.63) is 39.1 Å². The molecule has 5 heteroatoms. The number of nitrogens with one attached hydrogen (secondary N) is 1. The van der Waals surface area contributed by atoms with Gasteiger partial charge in [0.1, 0.15) is 10.5 Å². The van der Waals surface area contributed by atoms with Gasteiger partial charge in [-0.15, -0.1) is 11.8 Å². The van der Waals surface area contributed by atoms with Gasteiger partial charge in [-0.3, -0.25) is 0 Å². The molecule has 0 aliphatic heterocycles. The van der Waals surface area contributed by atoms with Crippen molar-refractivity contribution < 1.29 is 0 Å². The number of halogens is 1. The van der Waals surface area contributed by atoms with E-state index < -0.39 is 0 Å². The van der Waals surface area contributed by atoms with E-state index in [1.54, 1.807) is 11.8 Å². The molecule has 0 unspecified atom stereocenters. The Kier molecular flexibility index (Phi) is 4.59. The number of rotatable bonds is 3. The summed E-state index contributed by atoms with van der Waals surface area (Å²) in [5.41, 5.74) is 2.14. The van der Waals surface area contributed by atoms with E-state index >= 15 is 0 Å². The van der Waals surface area contributed by atoms with Gasteiger partial charge in [-0.2, -0.15) is 0 Å². The molecule has 0 aliphatic carbocycles. The van der Waals surface area contributed by atoms with E-state index in [2.05, 4.69) is 63.3 Å². The standard InChI is InChI=1S/C13H13BrN2S2/c1-3-10-11(14)13(17)16-12(15-10)8-4-6-9(18-2)7-5-8/h4-7H,3H2,1-2H3,(H,15,16,17). The van der Waals surface area contributed by atoms with Gasteiger partial charge < -0.3 is 4.98 Å². The van der Waals surface area contributed by atoms with E-state index in [-0.39, 0.29) is 0 Å². The molecule has 0 atom stereocenters. The second-order valence-electron chi connectivity index (χ2n) is 3.77. The molecule has 2 aromatic rings. The summed E-state index contributed by atoms with van der Waals surface area (Å²) in [6.07, 6.45) is 2.96. The number of aromatic amines is 1. The summed E-state index contributed by atoms with van der Waals surface area (Å²) in [5.74, 6) is 0.827. The molecule has 18 heavy (non-hydrogen) atoms. The van der Waals surface area contributed by atoms with Crippen LogP contribution >= 0.6 is 39.9 Å². The number of nitrogens with zero attached hydrogens (tertiary/aromatic N) is 1. The number of thioether (sulfide) groups is 1. The topological polar surface area (TPSA) is 28.7 Å². The lowest BCUT2D eigenvalue weighted by Gasteiger charge is -2.07. The van der Waals surface area contributed by atoms with Crippen molar-refractivity contribution in [2.75, 3.05) is 6.26 Å². The third-order valence-corrected chi connectivity index (χ3v) is 4.81. The summed E-state index contributed by atoms with van der Waals surface area (Å²) < 4.78 is 1.50. The van der Waals surface area contributed by atoms with Crippen LogP contribution in [-0.4, -0.2) is 16.2 Å². The molecule has 0 aliphatic rings. The van der Waals surface area contributed by atoms with Crippen LogP contribution in [0.5, 0.6) is 0 Å². The zero-order valence-corrected chi connectivity index (χ0v) is 13.4. The summed E-state index contributed by atoms with van der Waals surface area (Å²) in [4.78, 5) is 8.98. The molecule has 2 nitrogen and oxygen atoms in total. The molecule has 2 rings (SSSR count). The fourth-order valence-corrected chi connectivity index (χ4v) is 2.73. The molecule has 0 spiro atoms. The fraction of sp³-hybridized carbons (Fsp3) is 0.231. The first-order valence-corrected chi connectivity index (χ1v) is 8.01. The van der Waals surface area contributed by atoms with Gasteiger partial charge in [0.15, 0.2) is 0 Å². The Balaban J connectivity index is 2.50. The van der Waals surface area contributed by atoms with Crippen LogP contribution in [0.15, 0.2) is 33.6 Å². The maximum absolute atomic E-state index is 5.26. The SMILES string of the molecule is CCc1[nH]c(-c2ccc(SC)cc2)nc(=S)c1Br. The lowest BCUT2D eigenvalue weighted by molar-refractivity contribution is 0.983. The number of hydrogen-bond acceptors (Lipinski definition) is 3. The molecule has 1 aromatic carbocycles. The lowest BCUT2D eigenvalue weighted by atomic mass is 10.2. The summed E-state index contributed by atoms with van der Waals surface area (Å²) in [6.45, 7) is 2.09. The van der Waals surface area contributed by atoms with Gasteiger partial charge in [-0.1, -0.05) is 31.3 Å². The molecule has 0 fully saturated rings. The van der Waals surface area contributed by atoms with Gasteiger partial charge in [0.25, 0.3) is 0 Å². The third kappa shape index (κ3) is 2.84. The molecular weight excluding hydrogens is 328 g/mol. The Morgan fingerprint density at radius 3 is 2.56 bits per heavy atom. The average molecular weight is 341 g/mol. The van der Waals surface area contributed by atoms with Gasteiger partial charge in [-0.25, -0.2) is 4.98 Å². The number of benzene rings is 1. The minimum Gasteiger partial charge on any atom is -0.342 e. The van der Waals surface area contributed by atoms with Crippen LogP contribution in [0.25, 0.3) is 11.4 Å². The highest BCUT2D eigenvalue weighted by molar-refractivity contribution is 9.10. The summed E-state index contributed by atoms with van der Waals surface area (Å²) in [7, 11) is 0. The summed E-state index contributed by atoms with van der Waals surface area (Å²) in [6, 6.07) is 8.30. The smallest absolute Gasteiger partial charge is 0.144 e. The molecule has 1 heterocycles. The van der Waals surface area contributed by atoms with E-state index in [0.29, 0.717) is 4.64 Å². The highest BCUT2D eigenvalue weighted by atomic mass is 79.9. The van der Waals surface area contributed by atoms with E-state index in [1.165, 1.54) is 4.90 Å². The molecule has 0 amide bonds. The Hall–Kier alpha value is -0.650. The summed E-state index contributed by atoms with van der Waals surface area (Å²) >= 11 is 10.5. The summed E-state index contributed by atoms with van der Waals surface area (Å²) in [5, 5.41) is 0. The molecule has 0 radical (unpaired) electrons. The number of aryl methyl sites for hydroxylation is 1. The average Bonchev–Trinajstić information content (AvgIpc) is 2.42. The molecule has 0 bridgehead atoms. The lowest BCUT2D eigenvalue weighted by Crippen LogP contribution is -1.97. The van der Waals surface area contributed by atoms with Crippen molar-refractivity contribution in [1.82, 2.24) is 9.97 Å². The molecule has 0 saturated heterocycles. The minimum atomic E-state index is 0.606. The monoisotopic (exact) mass is 340 g/mol. The minimum absolute atomic E-state index is 0.606. The maximum Gasteiger partial charge on any atom is 0.144 e. The van der Waals surface area contributed by atoms with Crippen LogP contribution in [0.2, 0.25) is 0 Å². The van der Waals surface area contributed by atoms with E-state index in [4.69, 9.17) is 12.2 Å². The normalized spacial score (nSPS) is 10.6. The van der Waals surface area contributed by atoms with Gasteiger partial charge in [0.2, 0.25) is 0 Å². The molecule has 94 valence electrons. The highest BCUT2D eigenvalue weighted by Crippen LogP contribution is 2.23. The van der Waals surface area contributed by atoms with E-state index in [9.17, 15) is 0 Å². The largest absolute Gasteiger partial charge is 0.342 e. The third-order valence-electron chi connectivity index (χ3n) is 2.65. The molecule has 1 N–H and O–H groups in total. The van der Waals surface area contributed by atoms with Crippen molar-refractivity contribution in [2.45, 2.75) is 18.2 Å². The predicted molar refractivity (Wildman–Crippen MR) is 83.7 cm³/mol. The molecular formula is C13H13BrN2S2. The van der Waals surface area contributed by atoms with Crippen LogP contribution in [-0.2, 0) is 6.42 Å². The Labute approximate surface area is 124 Å². The van der Waals surface area contributed by atoms with Gasteiger partial charge >= 0.3 is 0 Å². The van der Waals surface area contributed by atoms with E-state index in [1.807, 2.05) is 0 Å². The van der Waals surface area contributed by atoms with Crippen molar-refractivity contribution in [3.8, 4) is 11.4 Å². The molecule has 0 saturated carbocycles. The first kappa shape index (κ1) is 13.8. The molecule has 1 aromatic heterocycles. The zero-order valence-electron chi connectivity index (χ0n) is 10.2. The number of aromatic nitrogens is 2. The van der Waals surface area contributed by atoms with Gasteiger partial charge in [-0.05, 0) is 40.7 Å². The Morgan fingerprint density at radius 2 is 2.00 bits per heavy atom. The van der Waals surface area contributed by atoms with E-state index in [0.717, 1.165) is 28.0 Å². The number of H-pyrrole nitrogens is 1. The number of hydrogen-bond donors (Lipinski definition) is 1. The fourth-order valence-electron chi connectivity index (χ4n) is 1.63. The highest BCUT2D eigenvalue weighted by Gasteiger charge is 2.06. The van der Waals surface area contributed by atoms with Crippen molar-refractivity contribution in [1.29, 1.82) is 0 Å². The van der Waals surface area contributed by atoms with Crippen LogP contribution in [0.1, 0.15) is 12.6 Å². The second-order valence-corrected chi connectivity index (χ2v) is 5.82. The first-order valence-electron chi connectivity index (χ1n) is 5.58. The van der Waals surface area contributed by atoms with Crippen LogP contribution in [0, 0.1) is 4.64 Å². The Morgan fingerprint density at radius 1 is 1.33 bits per heavy atom. The van der Waals surface area contributed by atoms with Crippen LogP contribution < -0.4 is 0 Å². The first-order chi connectivity index (χ1) is 8.65. The van der Waals surface area contributed by atoms with Crippen molar-refractivity contribution >= 4 is 39.9 Å². The quantitative estimate of drug-likeness (QED) is 0.639. The zero-order chi connectivity index (χ0) is 13.1. The van der Waals surface area contributed by atoms with Crippen LogP contribution in [0.3, 0.4) is 0 Å². The van der Waals surface area contributed by atoms with Gasteiger partial charge in [0.05, 0.1) is 4.47 Å². The Bertz CT molecular complexity index is 605. The maximum atomic E-state index is 5.26. The van der Waals surface area contributed by atoms with Crippen LogP contribution in [0.4, 0.5) is 0 Å². The van der Waals surface area contributed by atoms with Gasteiger partial charge in [0, 0.05) is 16.2 Å².